The van der Waals surface area contributed by atoms with Crippen LogP contribution in [0.4, 0.5) is 0 Å². The summed E-state index contributed by atoms with van der Waals surface area (Å²) in [6.07, 6.45) is 0. The first-order chi connectivity index (χ1) is 7.15. The minimum absolute atomic E-state index is 0.0906. The summed E-state index contributed by atoms with van der Waals surface area (Å²) in [7, 11) is 1.42. The number of carboxylic acids is 1. The number of aryl methyl sites for hydroxylation is 1. The zero-order valence-electron chi connectivity index (χ0n) is 8.26. The van der Waals surface area contributed by atoms with Crippen LogP contribution in [0.1, 0.15) is 16.2 Å². The number of aromatic nitrogens is 3. The molecule has 0 radical (unpaired) electrons. The van der Waals surface area contributed by atoms with Gasteiger partial charge in [-0.05, 0) is 19.1 Å². The molecule has 0 aliphatic heterocycles. The normalized spacial score (nSPS) is 10.5. The Hall–Kier alpha value is -2.11. The molecule has 2 aromatic heterocycles. The summed E-state index contributed by atoms with van der Waals surface area (Å²) < 4.78 is 6.62. The summed E-state index contributed by atoms with van der Waals surface area (Å²) in [5.74, 6) is -0.214. The van der Waals surface area contributed by atoms with Gasteiger partial charge >= 0.3 is 5.97 Å². The number of fused-ring (bicyclic) bond motifs is 1. The molecule has 0 aliphatic carbocycles. The predicted molar refractivity (Wildman–Crippen MR) is 51.2 cm³/mol. The summed E-state index contributed by atoms with van der Waals surface area (Å²) >= 11 is 0. The predicted octanol–water partition coefficient (Wildman–Crippen LogP) is 0.745. The Kier molecular flexibility index (Phi) is 2.03. The van der Waals surface area contributed by atoms with Crippen LogP contribution in [0.15, 0.2) is 12.1 Å². The van der Waals surface area contributed by atoms with Gasteiger partial charge in [-0.3, -0.25) is 0 Å². The molecule has 2 rings (SSSR count). The van der Waals surface area contributed by atoms with Gasteiger partial charge in [-0.1, -0.05) is 0 Å². The Morgan fingerprint density at radius 3 is 2.80 bits per heavy atom. The Morgan fingerprint density at radius 2 is 2.20 bits per heavy atom. The lowest BCUT2D eigenvalue weighted by molar-refractivity contribution is 0.0692. The molecule has 6 heteroatoms. The summed E-state index contributed by atoms with van der Waals surface area (Å²) in [4.78, 5) is 10.9. The van der Waals surface area contributed by atoms with E-state index in [2.05, 4.69) is 10.2 Å². The van der Waals surface area contributed by atoms with E-state index in [1.54, 1.807) is 17.4 Å². The van der Waals surface area contributed by atoms with Gasteiger partial charge in [0.15, 0.2) is 5.65 Å². The highest BCUT2D eigenvalue weighted by molar-refractivity contribution is 5.90. The van der Waals surface area contributed by atoms with Crippen molar-refractivity contribution in [3.05, 3.63) is 23.5 Å². The van der Waals surface area contributed by atoms with Crippen molar-refractivity contribution in [1.82, 2.24) is 14.6 Å². The van der Waals surface area contributed by atoms with Crippen LogP contribution in [0.25, 0.3) is 5.65 Å². The number of carbonyl (C=O) groups is 1. The number of ether oxygens (including phenoxy) is 1. The molecular formula is C9H9N3O3. The van der Waals surface area contributed by atoms with Gasteiger partial charge in [0.1, 0.15) is 11.4 Å². The Morgan fingerprint density at radius 1 is 1.47 bits per heavy atom. The monoisotopic (exact) mass is 207 g/mol. The van der Waals surface area contributed by atoms with Crippen LogP contribution in [0, 0.1) is 6.92 Å². The average Bonchev–Trinajstić information content (AvgIpc) is 2.59. The molecule has 0 bridgehead atoms. The van der Waals surface area contributed by atoms with E-state index in [9.17, 15) is 4.79 Å². The molecule has 0 fully saturated rings. The third-order valence-corrected chi connectivity index (χ3v) is 2.11. The molecule has 6 nitrogen and oxygen atoms in total. The quantitative estimate of drug-likeness (QED) is 0.786. The molecule has 2 aromatic rings. The number of nitrogens with zero attached hydrogens (tertiary/aromatic N) is 3. The van der Waals surface area contributed by atoms with E-state index in [1.165, 1.54) is 13.2 Å². The van der Waals surface area contributed by atoms with Crippen molar-refractivity contribution >= 4 is 11.6 Å². The second kappa shape index (κ2) is 3.23. The van der Waals surface area contributed by atoms with Crippen LogP contribution in [0.2, 0.25) is 0 Å². The molecule has 2 heterocycles. The van der Waals surface area contributed by atoms with Crippen molar-refractivity contribution in [1.29, 1.82) is 0 Å². The van der Waals surface area contributed by atoms with Crippen molar-refractivity contribution in [2.75, 3.05) is 7.11 Å². The third kappa shape index (κ3) is 1.30. The zero-order valence-corrected chi connectivity index (χ0v) is 8.26. The molecule has 0 amide bonds. The van der Waals surface area contributed by atoms with Crippen LogP contribution < -0.4 is 4.74 Å². The van der Waals surface area contributed by atoms with Gasteiger partial charge < -0.3 is 9.84 Å². The first-order valence-corrected chi connectivity index (χ1v) is 4.27. The lowest BCUT2D eigenvalue weighted by Gasteiger charge is -2.07. The molecule has 0 spiro atoms. The average molecular weight is 207 g/mol. The maximum absolute atomic E-state index is 10.9. The van der Waals surface area contributed by atoms with Gasteiger partial charge in [0.05, 0.1) is 7.11 Å². The third-order valence-electron chi connectivity index (χ3n) is 2.11. The highest BCUT2D eigenvalue weighted by Gasteiger charge is 2.16. The molecule has 0 saturated carbocycles. The van der Waals surface area contributed by atoms with Gasteiger partial charge in [0, 0.05) is 0 Å². The number of hydrogen-bond acceptors (Lipinski definition) is 4. The lowest BCUT2D eigenvalue weighted by atomic mass is 10.2. The summed E-state index contributed by atoms with van der Waals surface area (Å²) in [6.45, 7) is 1.73. The molecule has 0 saturated heterocycles. The SMILES string of the molecule is COc1c(C(=O)O)ccc2nnc(C)n12. The second-order valence-electron chi connectivity index (χ2n) is 3.00. The molecule has 78 valence electrons. The molecule has 1 N–H and O–H groups in total. The van der Waals surface area contributed by atoms with Crippen molar-refractivity contribution in [3.63, 3.8) is 0 Å². The fourth-order valence-electron chi connectivity index (χ4n) is 1.45. The van der Waals surface area contributed by atoms with Crippen LogP contribution >= 0.6 is 0 Å². The number of methoxy groups -OCH3 is 1. The molecule has 0 aliphatic rings. The topological polar surface area (TPSA) is 76.7 Å². The second-order valence-corrected chi connectivity index (χ2v) is 3.00. The number of aromatic carboxylic acids is 1. The van der Waals surface area contributed by atoms with Crippen LogP contribution in [0.3, 0.4) is 0 Å². The fourth-order valence-corrected chi connectivity index (χ4v) is 1.45. The van der Waals surface area contributed by atoms with E-state index in [0.717, 1.165) is 0 Å². The molecule has 15 heavy (non-hydrogen) atoms. The van der Waals surface area contributed by atoms with Gasteiger partial charge in [-0.25, -0.2) is 9.20 Å². The number of rotatable bonds is 2. The number of carboxylic acid groups (broad SMARTS) is 1. The number of pyridine rings is 1. The number of hydrogen-bond donors (Lipinski definition) is 1. The smallest absolute Gasteiger partial charge is 0.341 e. The maximum atomic E-state index is 10.9. The van der Waals surface area contributed by atoms with Gasteiger partial charge in [0.2, 0.25) is 5.88 Å². The van der Waals surface area contributed by atoms with Gasteiger partial charge in [-0.2, -0.15) is 0 Å². The summed E-state index contributed by atoms with van der Waals surface area (Å²) in [5.41, 5.74) is 0.655. The lowest BCUT2D eigenvalue weighted by Crippen LogP contribution is -2.05. The van der Waals surface area contributed by atoms with Gasteiger partial charge in [-0.15, -0.1) is 10.2 Å². The van der Waals surface area contributed by atoms with E-state index < -0.39 is 5.97 Å². The first-order valence-electron chi connectivity index (χ1n) is 4.27. The zero-order chi connectivity index (χ0) is 11.0. The molecule has 0 atom stereocenters. The molecule has 0 aromatic carbocycles. The van der Waals surface area contributed by atoms with E-state index >= 15 is 0 Å². The Balaban J connectivity index is 2.85. The summed E-state index contributed by atoms with van der Waals surface area (Å²) in [6, 6.07) is 3.04. The van der Waals surface area contributed by atoms with E-state index in [-0.39, 0.29) is 11.4 Å². The van der Waals surface area contributed by atoms with Crippen molar-refractivity contribution in [3.8, 4) is 5.88 Å². The van der Waals surface area contributed by atoms with Crippen molar-refractivity contribution < 1.29 is 14.6 Å². The van der Waals surface area contributed by atoms with E-state index in [1.807, 2.05) is 0 Å². The first kappa shape index (κ1) is 9.45. The van der Waals surface area contributed by atoms with Crippen LogP contribution in [0.5, 0.6) is 5.88 Å². The van der Waals surface area contributed by atoms with Crippen molar-refractivity contribution in [2.45, 2.75) is 6.92 Å². The van der Waals surface area contributed by atoms with Crippen LogP contribution in [-0.2, 0) is 0 Å². The summed E-state index contributed by atoms with van der Waals surface area (Å²) in [5, 5.41) is 16.7. The van der Waals surface area contributed by atoms with Crippen LogP contribution in [-0.4, -0.2) is 32.8 Å². The minimum Gasteiger partial charge on any atom is -0.481 e. The van der Waals surface area contributed by atoms with Crippen molar-refractivity contribution in [2.24, 2.45) is 0 Å². The van der Waals surface area contributed by atoms with Gasteiger partial charge in [0.25, 0.3) is 0 Å². The maximum Gasteiger partial charge on any atom is 0.341 e. The molecule has 0 unspecified atom stereocenters. The highest BCUT2D eigenvalue weighted by atomic mass is 16.5. The van der Waals surface area contributed by atoms with E-state index in [0.29, 0.717) is 11.5 Å². The largest absolute Gasteiger partial charge is 0.481 e. The minimum atomic E-state index is -1.04. The molecular weight excluding hydrogens is 198 g/mol. The Labute approximate surface area is 85.1 Å². The highest BCUT2D eigenvalue weighted by Crippen LogP contribution is 2.21. The standard InChI is InChI=1S/C9H9N3O3/c1-5-10-11-7-4-3-6(9(13)14)8(15-2)12(5)7/h3-4H,1-2H3,(H,13,14). The Bertz CT molecular complexity index is 533. The van der Waals surface area contributed by atoms with E-state index in [4.69, 9.17) is 9.84 Å². The fraction of sp³-hybridized carbons (Fsp3) is 0.222.